The Morgan fingerprint density at radius 1 is 1.44 bits per heavy atom. The van der Waals surface area contributed by atoms with Crippen molar-refractivity contribution >= 4 is 33.6 Å². The number of amides is 1. The second kappa shape index (κ2) is 7.11. The van der Waals surface area contributed by atoms with Crippen LogP contribution < -0.4 is 5.32 Å². The molecule has 0 unspecified atom stereocenters. The summed E-state index contributed by atoms with van der Waals surface area (Å²) < 4.78 is 0.880. The molecule has 1 saturated heterocycles. The topological polar surface area (TPSA) is 45.2 Å². The van der Waals surface area contributed by atoms with Crippen LogP contribution in [0.1, 0.15) is 10.5 Å². The van der Waals surface area contributed by atoms with Gasteiger partial charge in [-0.3, -0.25) is 9.69 Å². The Labute approximate surface area is 120 Å². The summed E-state index contributed by atoms with van der Waals surface area (Å²) in [4.78, 5) is 18.2. The molecule has 4 nitrogen and oxygen atoms in total. The summed E-state index contributed by atoms with van der Waals surface area (Å²) in [7, 11) is 0. The van der Waals surface area contributed by atoms with Crippen LogP contribution in [-0.4, -0.2) is 53.5 Å². The van der Waals surface area contributed by atoms with Gasteiger partial charge in [-0.1, -0.05) is 0 Å². The Morgan fingerprint density at radius 3 is 2.89 bits per heavy atom. The van der Waals surface area contributed by atoms with Crippen molar-refractivity contribution in [3.8, 4) is 0 Å². The Balaban J connectivity index is 1.72. The van der Waals surface area contributed by atoms with E-state index in [9.17, 15) is 4.79 Å². The van der Waals surface area contributed by atoms with E-state index in [1.165, 1.54) is 11.5 Å². The third-order valence-corrected chi connectivity index (χ3v) is 4.19. The number of aromatic nitrogens is 1. The van der Waals surface area contributed by atoms with Crippen LogP contribution in [0.25, 0.3) is 0 Å². The molecule has 0 aliphatic carbocycles. The lowest BCUT2D eigenvalue weighted by atomic mass is 10.3. The van der Waals surface area contributed by atoms with E-state index in [0.717, 1.165) is 24.1 Å². The Morgan fingerprint density at radius 2 is 2.22 bits per heavy atom. The lowest BCUT2D eigenvalue weighted by Crippen LogP contribution is -2.39. The van der Waals surface area contributed by atoms with Crippen LogP contribution in [0.5, 0.6) is 0 Å². The third-order valence-electron chi connectivity index (χ3n) is 2.78. The lowest BCUT2D eigenvalue weighted by Gasteiger charge is -2.25. The fraction of sp³-hybridized carbons (Fsp3) is 0.500. The van der Waals surface area contributed by atoms with Gasteiger partial charge < -0.3 is 5.32 Å². The highest BCUT2D eigenvalue weighted by Gasteiger charge is 2.11. The van der Waals surface area contributed by atoms with E-state index in [-0.39, 0.29) is 5.91 Å². The second-order valence-electron chi connectivity index (χ2n) is 4.07. The average Bonchev–Trinajstić information content (AvgIpc) is 2.40. The van der Waals surface area contributed by atoms with Crippen molar-refractivity contribution in [3.05, 3.63) is 28.5 Å². The standard InChI is InChI=1S/C12H16BrN3OS/c13-10-1-2-11(15-9-10)12(17)14-3-4-16-5-7-18-8-6-16/h1-2,9H,3-8H2,(H,14,17). The molecule has 2 heterocycles. The number of halogens is 1. The van der Waals surface area contributed by atoms with Crippen LogP contribution in [0.2, 0.25) is 0 Å². The highest BCUT2D eigenvalue weighted by atomic mass is 79.9. The van der Waals surface area contributed by atoms with E-state index in [4.69, 9.17) is 0 Å². The van der Waals surface area contributed by atoms with Crippen LogP contribution in [-0.2, 0) is 0 Å². The molecule has 0 bridgehead atoms. The van der Waals surface area contributed by atoms with Crippen LogP contribution in [0.15, 0.2) is 22.8 Å². The first kappa shape index (κ1) is 13.8. The summed E-state index contributed by atoms with van der Waals surface area (Å²) in [5.74, 6) is 2.29. The number of pyridine rings is 1. The molecule has 2 rings (SSSR count). The van der Waals surface area contributed by atoms with Crippen molar-refractivity contribution in [2.45, 2.75) is 0 Å². The molecule has 1 aromatic rings. The molecule has 0 radical (unpaired) electrons. The van der Waals surface area contributed by atoms with Gasteiger partial charge in [-0.05, 0) is 28.1 Å². The quantitative estimate of drug-likeness (QED) is 0.911. The molecule has 1 aliphatic heterocycles. The van der Waals surface area contributed by atoms with Crippen LogP contribution in [0.3, 0.4) is 0 Å². The van der Waals surface area contributed by atoms with Crippen molar-refractivity contribution in [1.82, 2.24) is 15.2 Å². The predicted molar refractivity (Wildman–Crippen MR) is 78.0 cm³/mol. The number of nitrogens with zero attached hydrogens (tertiary/aromatic N) is 2. The van der Waals surface area contributed by atoms with Crippen LogP contribution in [0.4, 0.5) is 0 Å². The molecule has 1 N–H and O–H groups in total. The van der Waals surface area contributed by atoms with Gasteiger partial charge in [0.05, 0.1) is 0 Å². The smallest absolute Gasteiger partial charge is 0.269 e. The number of carbonyl (C=O) groups excluding carboxylic acids is 1. The summed E-state index contributed by atoms with van der Waals surface area (Å²) in [5, 5.41) is 2.90. The molecule has 0 atom stereocenters. The van der Waals surface area contributed by atoms with Gasteiger partial charge in [0.25, 0.3) is 5.91 Å². The Hall–Kier alpha value is -0.590. The molecular formula is C12H16BrN3OS. The van der Waals surface area contributed by atoms with Crippen molar-refractivity contribution in [2.24, 2.45) is 0 Å². The zero-order valence-electron chi connectivity index (χ0n) is 10.1. The van der Waals surface area contributed by atoms with E-state index in [1.54, 1.807) is 12.3 Å². The van der Waals surface area contributed by atoms with Crippen molar-refractivity contribution in [3.63, 3.8) is 0 Å². The number of hydrogen-bond acceptors (Lipinski definition) is 4. The van der Waals surface area contributed by atoms with E-state index >= 15 is 0 Å². The highest BCUT2D eigenvalue weighted by Crippen LogP contribution is 2.08. The minimum Gasteiger partial charge on any atom is -0.349 e. The summed E-state index contributed by atoms with van der Waals surface area (Å²) in [6.07, 6.45) is 1.64. The Kier molecular flexibility index (Phi) is 5.46. The maximum absolute atomic E-state index is 11.8. The molecule has 98 valence electrons. The summed E-state index contributed by atoms with van der Waals surface area (Å²) >= 11 is 5.29. The first-order chi connectivity index (χ1) is 8.75. The van der Waals surface area contributed by atoms with E-state index in [1.807, 2.05) is 17.8 Å². The van der Waals surface area contributed by atoms with E-state index < -0.39 is 0 Å². The van der Waals surface area contributed by atoms with Gasteiger partial charge in [0.2, 0.25) is 0 Å². The van der Waals surface area contributed by atoms with E-state index in [2.05, 4.69) is 31.1 Å². The van der Waals surface area contributed by atoms with E-state index in [0.29, 0.717) is 12.2 Å². The largest absolute Gasteiger partial charge is 0.349 e. The second-order valence-corrected chi connectivity index (χ2v) is 6.21. The summed E-state index contributed by atoms with van der Waals surface area (Å²) in [5.41, 5.74) is 0.465. The molecule has 0 saturated carbocycles. The van der Waals surface area contributed by atoms with Gasteiger partial charge in [0, 0.05) is 48.4 Å². The zero-order valence-corrected chi connectivity index (χ0v) is 12.5. The van der Waals surface area contributed by atoms with Crippen LogP contribution >= 0.6 is 27.7 Å². The molecule has 18 heavy (non-hydrogen) atoms. The normalized spacial score (nSPS) is 16.5. The maximum atomic E-state index is 11.8. The number of hydrogen-bond donors (Lipinski definition) is 1. The summed E-state index contributed by atoms with van der Waals surface area (Å²) in [6.45, 7) is 3.85. The minimum absolute atomic E-state index is 0.103. The fourth-order valence-corrected chi connectivity index (χ4v) is 2.97. The average molecular weight is 330 g/mol. The maximum Gasteiger partial charge on any atom is 0.269 e. The molecule has 0 spiro atoms. The number of thioether (sulfide) groups is 1. The molecular weight excluding hydrogens is 314 g/mol. The number of nitrogens with one attached hydrogen (secondary N) is 1. The highest BCUT2D eigenvalue weighted by molar-refractivity contribution is 9.10. The zero-order chi connectivity index (χ0) is 12.8. The Bertz CT molecular complexity index is 393. The monoisotopic (exact) mass is 329 g/mol. The first-order valence-corrected chi connectivity index (χ1v) is 7.90. The summed E-state index contributed by atoms with van der Waals surface area (Å²) in [6, 6.07) is 3.54. The van der Waals surface area contributed by atoms with Crippen LogP contribution in [0, 0.1) is 0 Å². The van der Waals surface area contributed by atoms with Gasteiger partial charge in [-0.15, -0.1) is 0 Å². The SMILES string of the molecule is O=C(NCCN1CCSCC1)c1ccc(Br)cn1. The van der Waals surface area contributed by atoms with Gasteiger partial charge in [0.1, 0.15) is 5.69 Å². The lowest BCUT2D eigenvalue weighted by molar-refractivity contribution is 0.0944. The van der Waals surface area contributed by atoms with Crippen molar-refractivity contribution < 1.29 is 4.79 Å². The van der Waals surface area contributed by atoms with Gasteiger partial charge >= 0.3 is 0 Å². The minimum atomic E-state index is -0.103. The molecule has 1 amide bonds. The number of rotatable bonds is 4. The van der Waals surface area contributed by atoms with Gasteiger partial charge in [0.15, 0.2) is 0 Å². The molecule has 1 aliphatic rings. The molecule has 1 fully saturated rings. The molecule has 0 aromatic carbocycles. The number of carbonyl (C=O) groups is 1. The van der Waals surface area contributed by atoms with Gasteiger partial charge in [-0.25, -0.2) is 4.98 Å². The predicted octanol–water partition coefficient (Wildman–Crippen LogP) is 1.62. The van der Waals surface area contributed by atoms with Gasteiger partial charge in [-0.2, -0.15) is 11.8 Å². The molecule has 1 aromatic heterocycles. The van der Waals surface area contributed by atoms with Crippen molar-refractivity contribution in [1.29, 1.82) is 0 Å². The molecule has 6 heteroatoms. The van der Waals surface area contributed by atoms with Crippen molar-refractivity contribution in [2.75, 3.05) is 37.7 Å². The fourth-order valence-electron chi connectivity index (χ4n) is 1.75. The first-order valence-electron chi connectivity index (χ1n) is 5.95. The third kappa shape index (κ3) is 4.26.